The van der Waals surface area contributed by atoms with Crippen molar-refractivity contribution in [2.24, 2.45) is 5.73 Å². The molecular formula is C16H15N5O. The SMILES string of the molecule is NC(O)c1ccccc1Nc1nccc(-c2cccnc2)n1. The molecule has 22 heavy (non-hydrogen) atoms. The fourth-order valence-electron chi connectivity index (χ4n) is 2.08. The quantitative estimate of drug-likeness (QED) is 0.638. The molecule has 2 aromatic heterocycles. The van der Waals surface area contributed by atoms with Crippen LogP contribution in [0.15, 0.2) is 61.1 Å². The van der Waals surface area contributed by atoms with Crippen LogP contribution in [0.25, 0.3) is 11.3 Å². The Morgan fingerprint density at radius 1 is 1.05 bits per heavy atom. The molecule has 1 aromatic carbocycles. The third-order valence-electron chi connectivity index (χ3n) is 3.14. The summed E-state index contributed by atoms with van der Waals surface area (Å²) in [6, 6.07) is 12.8. The molecule has 3 rings (SSSR count). The summed E-state index contributed by atoms with van der Waals surface area (Å²) in [5.74, 6) is 0.425. The molecule has 1 atom stereocenters. The van der Waals surface area contributed by atoms with Gasteiger partial charge in [0.2, 0.25) is 5.95 Å². The minimum Gasteiger partial charge on any atom is -0.374 e. The Kier molecular flexibility index (Phi) is 4.04. The van der Waals surface area contributed by atoms with Crippen molar-refractivity contribution in [1.82, 2.24) is 15.0 Å². The van der Waals surface area contributed by atoms with Crippen LogP contribution in [0.2, 0.25) is 0 Å². The second-order valence-electron chi connectivity index (χ2n) is 4.66. The molecule has 4 N–H and O–H groups in total. The van der Waals surface area contributed by atoms with Crippen molar-refractivity contribution in [3.63, 3.8) is 0 Å². The van der Waals surface area contributed by atoms with Gasteiger partial charge < -0.3 is 16.2 Å². The molecule has 0 radical (unpaired) electrons. The fraction of sp³-hybridized carbons (Fsp3) is 0.0625. The monoisotopic (exact) mass is 293 g/mol. The molecule has 110 valence electrons. The second kappa shape index (κ2) is 6.30. The van der Waals surface area contributed by atoms with Gasteiger partial charge in [-0.3, -0.25) is 4.98 Å². The maximum Gasteiger partial charge on any atom is 0.227 e. The molecule has 0 aliphatic heterocycles. The number of aliphatic hydroxyl groups excluding tert-OH is 1. The Hall–Kier alpha value is -2.83. The Morgan fingerprint density at radius 3 is 2.68 bits per heavy atom. The normalized spacial score (nSPS) is 11.9. The van der Waals surface area contributed by atoms with E-state index in [1.54, 1.807) is 24.7 Å². The van der Waals surface area contributed by atoms with Crippen molar-refractivity contribution in [2.45, 2.75) is 6.23 Å². The Morgan fingerprint density at radius 2 is 1.91 bits per heavy atom. The van der Waals surface area contributed by atoms with Gasteiger partial charge in [-0.25, -0.2) is 9.97 Å². The summed E-state index contributed by atoms with van der Waals surface area (Å²) in [6.07, 6.45) is 4.05. The van der Waals surface area contributed by atoms with Crippen LogP contribution in [-0.4, -0.2) is 20.1 Å². The molecule has 2 heterocycles. The molecule has 6 heteroatoms. The number of para-hydroxylation sites is 1. The summed E-state index contributed by atoms with van der Waals surface area (Å²) < 4.78 is 0. The van der Waals surface area contributed by atoms with E-state index in [4.69, 9.17) is 5.73 Å². The number of hydrogen-bond donors (Lipinski definition) is 3. The zero-order valence-corrected chi connectivity index (χ0v) is 11.7. The van der Waals surface area contributed by atoms with E-state index in [0.29, 0.717) is 17.2 Å². The van der Waals surface area contributed by atoms with Gasteiger partial charge in [-0.05, 0) is 24.3 Å². The summed E-state index contributed by atoms with van der Waals surface area (Å²) in [5.41, 5.74) is 8.47. The third kappa shape index (κ3) is 3.08. The van der Waals surface area contributed by atoms with Gasteiger partial charge in [-0.1, -0.05) is 18.2 Å². The zero-order chi connectivity index (χ0) is 15.4. The summed E-state index contributed by atoms with van der Waals surface area (Å²) in [4.78, 5) is 12.7. The van der Waals surface area contributed by atoms with E-state index in [9.17, 15) is 5.11 Å². The number of nitrogens with one attached hydrogen (secondary N) is 1. The van der Waals surface area contributed by atoms with E-state index in [2.05, 4.69) is 20.3 Å². The van der Waals surface area contributed by atoms with Crippen LogP contribution in [0, 0.1) is 0 Å². The summed E-state index contributed by atoms with van der Waals surface area (Å²) >= 11 is 0. The predicted octanol–water partition coefficient (Wildman–Crippen LogP) is 2.23. The van der Waals surface area contributed by atoms with Crippen molar-refractivity contribution in [2.75, 3.05) is 5.32 Å². The number of benzene rings is 1. The number of nitrogens with two attached hydrogens (primary N) is 1. The Bertz CT molecular complexity index is 761. The van der Waals surface area contributed by atoms with Gasteiger partial charge in [0.1, 0.15) is 6.23 Å². The lowest BCUT2D eigenvalue weighted by Crippen LogP contribution is -2.11. The largest absolute Gasteiger partial charge is 0.374 e. The van der Waals surface area contributed by atoms with Gasteiger partial charge in [0, 0.05) is 35.4 Å². The minimum atomic E-state index is -1.06. The van der Waals surface area contributed by atoms with Crippen molar-refractivity contribution in [1.29, 1.82) is 0 Å². The smallest absolute Gasteiger partial charge is 0.227 e. The maximum absolute atomic E-state index is 9.60. The molecular weight excluding hydrogens is 278 g/mol. The van der Waals surface area contributed by atoms with E-state index >= 15 is 0 Å². The lowest BCUT2D eigenvalue weighted by Gasteiger charge is -2.13. The molecule has 0 aliphatic carbocycles. The van der Waals surface area contributed by atoms with Gasteiger partial charge in [-0.15, -0.1) is 0 Å². The molecule has 0 saturated heterocycles. The van der Waals surface area contributed by atoms with Crippen molar-refractivity contribution in [3.05, 3.63) is 66.6 Å². The first-order valence-corrected chi connectivity index (χ1v) is 6.77. The molecule has 0 spiro atoms. The van der Waals surface area contributed by atoms with Crippen LogP contribution in [0.4, 0.5) is 11.6 Å². The van der Waals surface area contributed by atoms with E-state index in [-0.39, 0.29) is 0 Å². The Labute approximate surface area is 127 Å². The minimum absolute atomic E-state index is 0.425. The highest BCUT2D eigenvalue weighted by Crippen LogP contribution is 2.23. The zero-order valence-electron chi connectivity index (χ0n) is 11.7. The third-order valence-corrected chi connectivity index (χ3v) is 3.14. The highest BCUT2D eigenvalue weighted by Gasteiger charge is 2.09. The molecule has 0 bridgehead atoms. The molecule has 0 amide bonds. The van der Waals surface area contributed by atoms with E-state index in [0.717, 1.165) is 11.3 Å². The first-order valence-electron chi connectivity index (χ1n) is 6.77. The van der Waals surface area contributed by atoms with Crippen LogP contribution in [0.5, 0.6) is 0 Å². The highest BCUT2D eigenvalue weighted by atomic mass is 16.3. The number of hydrogen-bond acceptors (Lipinski definition) is 6. The lowest BCUT2D eigenvalue weighted by atomic mass is 10.1. The number of pyridine rings is 1. The van der Waals surface area contributed by atoms with Crippen LogP contribution in [0.3, 0.4) is 0 Å². The first kappa shape index (κ1) is 14.1. The average molecular weight is 293 g/mol. The summed E-state index contributed by atoms with van der Waals surface area (Å²) in [7, 11) is 0. The number of aliphatic hydroxyl groups is 1. The van der Waals surface area contributed by atoms with Gasteiger partial charge in [0.05, 0.1) is 5.69 Å². The molecule has 1 unspecified atom stereocenters. The number of rotatable bonds is 4. The van der Waals surface area contributed by atoms with Crippen molar-refractivity contribution >= 4 is 11.6 Å². The van der Waals surface area contributed by atoms with E-state index < -0.39 is 6.23 Å². The topological polar surface area (TPSA) is 97.0 Å². The summed E-state index contributed by atoms with van der Waals surface area (Å²) in [5, 5.41) is 12.7. The number of nitrogens with zero attached hydrogens (tertiary/aromatic N) is 3. The lowest BCUT2D eigenvalue weighted by molar-refractivity contribution is 0.187. The molecule has 3 aromatic rings. The average Bonchev–Trinajstić information content (AvgIpc) is 2.56. The van der Waals surface area contributed by atoms with Crippen LogP contribution < -0.4 is 11.1 Å². The maximum atomic E-state index is 9.60. The summed E-state index contributed by atoms with van der Waals surface area (Å²) in [6.45, 7) is 0. The number of anilines is 2. The molecule has 6 nitrogen and oxygen atoms in total. The second-order valence-corrected chi connectivity index (χ2v) is 4.66. The van der Waals surface area contributed by atoms with Crippen LogP contribution in [-0.2, 0) is 0 Å². The van der Waals surface area contributed by atoms with Crippen molar-refractivity contribution < 1.29 is 5.11 Å². The van der Waals surface area contributed by atoms with Crippen LogP contribution in [0.1, 0.15) is 11.8 Å². The van der Waals surface area contributed by atoms with Crippen molar-refractivity contribution in [3.8, 4) is 11.3 Å². The fourth-order valence-corrected chi connectivity index (χ4v) is 2.08. The predicted molar refractivity (Wildman–Crippen MR) is 84.1 cm³/mol. The van der Waals surface area contributed by atoms with E-state index in [1.165, 1.54) is 0 Å². The van der Waals surface area contributed by atoms with Crippen LogP contribution >= 0.6 is 0 Å². The highest BCUT2D eigenvalue weighted by molar-refractivity contribution is 5.63. The van der Waals surface area contributed by atoms with Gasteiger partial charge in [0.15, 0.2) is 0 Å². The Balaban J connectivity index is 1.91. The van der Waals surface area contributed by atoms with Gasteiger partial charge >= 0.3 is 0 Å². The molecule has 0 aliphatic rings. The van der Waals surface area contributed by atoms with E-state index in [1.807, 2.05) is 36.4 Å². The van der Waals surface area contributed by atoms with Gasteiger partial charge in [-0.2, -0.15) is 0 Å². The standard InChI is InChI=1S/C16H15N5O/c17-15(22)12-5-1-2-6-14(12)21-16-19-9-7-13(20-16)11-4-3-8-18-10-11/h1-10,15,22H,17H2,(H,19,20,21). The first-order chi connectivity index (χ1) is 10.7. The van der Waals surface area contributed by atoms with Gasteiger partial charge in [0.25, 0.3) is 0 Å². The molecule has 0 saturated carbocycles. The molecule has 0 fully saturated rings. The number of aromatic nitrogens is 3.